The van der Waals surface area contributed by atoms with Gasteiger partial charge in [0.2, 0.25) is 0 Å². The number of rotatable bonds is 5. The van der Waals surface area contributed by atoms with Crippen LogP contribution in [-0.2, 0) is 0 Å². The smallest absolute Gasteiger partial charge is 0.267 e. The summed E-state index contributed by atoms with van der Waals surface area (Å²) in [5.41, 5.74) is 3.00. The van der Waals surface area contributed by atoms with E-state index in [-0.39, 0.29) is 16.3 Å². The van der Waals surface area contributed by atoms with E-state index in [1.54, 1.807) is 0 Å². The van der Waals surface area contributed by atoms with Crippen LogP contribution in [0.4, 0.5) is 5.69 Å². The Morgan fingerprint density at radius 3 is 2.70 bits per heavy atom. The summed E-state index contributed by atoms with van der Waals surface area (Å²) in [5.74, 6) is -0.0693. The van der Waals surface area contributed by atoms with Gasteiger partial charge >= 0.3 is 0 Å². The maximum atomic E-state index is 11.8. The van der Waals surface area contributed by atoms with Crippen molar-refractivity contribution in [3.8, 4) is 0 Å². The van der Waals surface area contributed by atoms with Crippen LogP contribution in [0, 0.1) is 16.0 Å². The number of nitrogens with zero attached hydrogens (tertiary/aromatic N) is 2. The Labute approximate surface area is 122 Å². The van der Waals surface area contributed by atoms with Crippen molar-refractivity contribution in [1.82, 2.24) is 5.43 Å². The van der Waals surface area contributed by atoms with E-state index in [0.29, 0.717) is 5.92 Å². The summed E-state index contributed by atoms with van der Waals surface area (Å²) in [6, 6.07) is 3.86. The number of nitro benzene ring substituents is 1. The van der Waals surface area contributed by atoms with Crippen LogP contribution in [0.5, 0.6) is 0 Å². The third-order valence-electron chi connectivity index (χ3n) is 2.46. The Balaban J connectivity index is 2.83. The molecule has 0 saturated heterocycles. The van der Waals surface area contributed by atoms with Gasteiger partial charge in [-0.25, -0.2) is 5.43 Å². The Bertz CT molecular complexity index is 556. The molecule has 1 N–H and O–H groups in total. The zero-order valence-corrected chi connectivity index (χ0v) is 12.3. The number of hydrogen-bond acceptors (Lipinski definition) is 4. The van der Waals surface area contributed by atoms with E-state index in [4.69, 9.17) is 11.6 Å². The van der Waals surface area contributed by atoms with Crippen molar-refractivity contribution in [2.45, 2.75) is 27.2 Å². The normalized spacial score (nSPS) is 11.6. The number of halogens is 1. The fraction of sp³-hybridized carbons (Fsp3) is 0.385. The average Bonchev–Trinajstić information content (AvgIpc) is 2.35. The molecule has 20 heavy (non-hydrogen) atoms. The number of hydrazone groups is 1. The SMILES string of the molecule is C/C(CC(C)C)=N\NC(=O)c1ccc(Cl)c([N+](=O)[O-])c1. The van der Waals surface area contributed by atoms with Crippen LogP contribution >= 0.6 is 11.6 Å². The van der Waals surface area contributed by atoms with Gasteiger partial charge in [-0.3, -0.25) is 14.9 Å². The van der Waals surface area contributed by atoms with Crippen molar-refractivity contribution in [2.24, 2.45) is 11.0 Å². The number of hydrogen-bond donors (Lipinski definition) is 1. The second-order valence-corrected chi connectivity index (χ2v) is 5.22. The molecular formula is C13H16ClN3O3. The highest BCUT2D eigenvalue weighted by molar-refractivity contribution is 6.32. The molecule has 1 amide bonds. The van der Waals surface area contributed by atoms with E-state index in [1.807, 2.05) is 20.8 Å². The van der Waals surface area contributed by atoms with Crippen molar-refractivity contribution in [1.29, 1.82) is 0 Å². The molecule has 108 valence electrons. The Morgan fingerprint density at radius 1 is 1.50 bits per heavy atom. The summed E-state index contributed by atoms with van der Waals surface area (Å²) in [5, 5.41) is 14.7. The van der Waals surface area contributed by atoms with Gasteiger partial charge in [-0.2, -0.15) is 5.10 Å². The zero-order valence-electron chi connectivity index (χ0n) is 11.5. The summed E-state index contributed by atoms with van der Waals surface area (Å²) in [4.78, 5) is 22.0. The maximum absolute atomic E-state index is 11.8. The first-order chi connectivity index (χ1) is 9.31. The fourth-order valence-electron chi connectivity index (χ4n) is 1.64. The molecule has 0 atom stereocenters. The minimum Gasteiger partial charge on any atom is -0.267 e. The minimum absolute atomic E-state index is 0.00830. The number of nitrogens with one attached hydrogen (secondary N) is 1. The van der Waals surface area contributed by atoms with Gasteiger partial charge in [0.15, 0.2) is 0 Å². The van der Waals surface area contributed by atoms with Crippen molar-refractivity contribution in [3.05, 3.63) is 38.9 Å². The van der Waals surface area contributed by atoms with Crippen LogP contribution in [0.15, 0.2) is 23.3 Å². The molecule has 0 saturated carbocycles. The molecule has 1 aromatic carbocycles. The number of carbonyl (C=O) groups excluding carboxylic acids is 1. The molecule has 0 aliphatic rings. The van der Waals surface area contributed by atoms with Gasteiger partial charge in [-0.15, -0.1) is 0 Å². The standard InChI is InChI=1S/C13H16ClN3O3/c1-8(2)6-9(3)15-16-13(18)10-4-5-11(14)12(7-10)17(19)20/h4-5,7-8H,6H2,1-3H3,(H,16,18)/b15-9+. The monoisotopic (exact) mass is 297 g/mol. The quantitative estimate of drug-likeness (QED) is 0.513. The van der Waals surface area contributed by atoms with Crippen molar-refractivity contribution < 1.29 is 9.72 Å². The van der Waals surface area contributed by atoms with Crippen molar-refractivity contribution >= 4 is 28.9 Å². The minimum atomic E-state index is -0.633. The Morgan fingerprint density at radius 2 is 2.15 bits per heavy atom. The van der Waals surface area contributed by atoms with Crippen molar-refractivity contribution in [2.75, 3.05) is 0 Å². The van der Waals surface area contributed by atoms with Gasteiger partial charge in [0.1, 0.15) is 5.02 Å². The first-order valence-electron chi connectivity index (χ1n) is 6.08. The van der Waals surface area contributed by atoms with Gasteiger partial charge < -0.3 is 0 Å². The van der Waals surface area contributed by atoms with Gasteiger partial charge in [0.05, 0.1) is 4.92 Å². The second kappa shape index (κ2) is 7.00. The number of carbonyl (C=O) groups is 1. The van der Waals surface area contributed by atoms with E-state index in [1.165, 1.54) is 12.1 Å². The Kier molecular flexibility index (Phi) is 5.64. The lowest BCUT2D eigenvalue weighted by atomic mass is 10.1. The fourth-order valence-corrected chi connectivity index (χ4v) is 1.83. The highest BCUT2D eigenvalue weighted by Gasteiger charge is 2.16. The number of nitro groups is 1. The third-order valence-corrected chi connectivity index (χ3v) is 2.78. The number of amides is 1. The average molecular weight is 298 g/mol. The summed E-state index contributed by atoms with van der Waals surface area (Å²) in [6.07, 6.45) is 0.765. The molecule has 0 unspecified atom stereocenters. The van der Waals surface area contributed by atoms with Crippen LogP contribution in [0.3, 0.4) is 0 Å². The van der Waals surface area contributed by atoms with Gasteiger partial charge in [-0.1, -0.05) is 25.4 Å². The first-order valence-corrected chi connectivity index (χ1v) is 6.46. The van der Waals surface area contributed by atoms with Crippen LogP contribution < -0.4 is 5.43 Å². The molecule has 7 heteroatoms. The van der Waals surface area contributed by atoms with E-state index < -0.39 is 10.8 Å². The zero-order chi connectivity index (χ0) is 15.3. The van der Waals surface area contributed by atoms with Crippen LogP contribution in [0.1, 0.15) is 37.6 Å². The molecule has 0 aliphatic carbocycles. The summed E-state index contributed by atoms with van der Waals surface area (Å²) in [6.45, 7) is 5.90. The molecule has 0 radical (unpaired) electrons. The molecule has 0 heterocycles. The molecule has 0 aliphatic heterocycles. The van der Waals surface area contributed by atoms with Gasteiger partial charge in [0, 0.05) is 17.3 Å². The van der Waals surface area contributed by atoms with Gasteiger partial charge in [0.25, 0.3) is 11.6 Å². The van der Waals surface area contributed by atoms with Crippen LogP contribution in [0.2, 0.25) is 5.02 Å². The predicted octanol–water partition coefficient (Wildman–Crippen LogP) is 3.40. The summed E-state index contributed by atoms with van der Waals surface area (Å²) >= 11 is 5.68. The lowest BCUT2D eigenvalue weighted by Gasteiger charge is -2.05. The van der Waals surface area contributed by atoms with E-state index >= 15 is 0 Å². The molecule has 6 nitrogen and oxygen atoms in total. The molecule has 0 spiro atoms. The highest BCUT2D eigenvalue weighted by Crippen LogP contribution is 2.24. The number of benzene rings is 1. The third kappa shape index (κ3) is 4.62. The largest absolute Gasteiger partial charge is 0.288 e. The highest BCUT2D eigenvalue weighted by atomic mass is 35.5. The molecule has 0 aromatic heterocycles. The van der Waals surface area contributed by atoms with Crippen molar-refractivity contribution in [3.63, 3.8) is 0 Å². The second-order valence-electron chi connectivity index (χ2n) is 4.81. The predicted molar refractivity (Wildman–Crippen MR) is 78.1 cm³/mol. The van der Waals surface area contributed by atoms with E-state index in [9.17, 15) is 14.9 Å². The summed E-state index contributed by atoms with van der Waals surface area (Å²) in [7, 11) is 0. The molecule has 1 aromatic rings. The van der Waals surface area contributed by atoms with Crippen LogP contribution in [-0.4, -0.2) is 16.5 Å². The lowest BCUT2D eigenvalue weighted by Crippen LogP contribution is -2.19. The molecule has 1 rings (SSSR count). The molecular weight excluding hydrogens is 282 g/mol. The summed E-state index contributed by atoms with van der Waals surface area (Å²) < 4.78 is 0. The maximum Gasteiger partial charge on any atom is 0.288 e. The lowest BCUT2D eigenvalue weighted by molar-refractivity contribution is -0.384. The van der Waals surface area contributed by atoms with E-state index in [2.05, 4.69) is 10.5 Å². The molecule has 0 fully saturated rings. The van der Waals surface area contributed by atoms with Crippen LogP contribution in [0.25, 0.3) is 0 Å². The Hall–Kier alpha value is -1.95. The first kappa shape index (κ1) is 16.1. The van der Waals surface area contributed by atoms with Gasteiger partial charge in [-0.05, 0) is 31.4 Å². The van der Waals surface area contributed by atoms with E-state index in [0.717, 1.165) is 18.2 Å². The molecule has 0 bridgehead atoms. The topological polar surface area (TPSA) is 84.6 Å².